The second-order valence-electron chi connectivity index (χ2n) is 7.15. The third kappa shape index (κ3) is 3.33. The van der Waals surface area contributed by atoms with Gasteiger partial charge in [-0.2, -0.15) is 10.1 Å². The molecule has 0 atom stereocenters. The van der Waals surface area contributed by atoms with E-state index in [0.29, 0.717) is 23.5 Å². The topological polar surface area (TPSA) is 75.6 Å². The Morgan fingerprint density at radius 3 is 2.41 bits per heavy atom. The molecule has 0 aliphatic heterocycles. The average Bonchev–Trinajstić information content (AvgIpc) is 3.12. The molecule has 0 radical (unpaired) electrons. The van der Waals surface area contributed by atoms with Gasteiger partial charge in [-0.3, -0.25) is 9.78 Å². The number of hydrogen-bond acceptors (Lipinski definition) is 4. The number of benzene rings is 2. The highest BCUT2D eigenvalue weighted by Gasteiger charge is 2.21. The van der Waals surface area contributed by atoms with E-state index in [2.05, 4.69) is 46.4 Å². The van der Waals surface area contributed by atoms with Crippen molar-refractivity contribution >= 4 is 17.0 Å². The lowest BCUT2D eigenvalue weighted by Gasteiger charge is -2.25. The Morgan fingerprint density at radius 2 is 1.70 bits per heavy atom. The Labute approximate surface area is 156 Å². The Hall–Kier alpha value is -3.41. The Bertz CT molecular complexity index is 1110. The second-order valence-corrected chi connectivity index (χ2v) is 7.15. The van der Waals surface area contributed by atoms with Gasteiger partial charge in [-0.05, 0) is 17.7 Å². The number of H-pyrrole nitrogens is 1. The first-order valence-electron chi connectivity index (χ1n) is 8.87. The van der Waals surface area contributed by atoms with Crippen molar-refractivity contribution in [2.24, 2.45) is 0 Å². The first-order valence-corrected chi connectivity index (χ1v) is 8.87. The first-order chi connectivity index (χ1) is 13.0. The van der Waals surface area contributed by atoms with Gasteiger partial charge in [0, 0.05) is 12.0 Å². The molecule has 4 rings (SSSR count). The van der Waals surface area contributed by atoms with Gasteiger partial charge in [0.2, 0.25) is 5.95 Å². The molecular formula is C21H21N5O. The van der Waals surface area contributed by atoms with E-state index in [9.17, 15) is 4.79 Å². The maximum atomic E-state index is 12.4. The average molecular weight is 359 g/mol. The van der Waals surface area contributed by atoms with Crippen LogP contribution in [-0.4, -0.2) is 26.3 Å². The molecule has 136 valence electrons. The lowest BCUT2D eigenvalue weighted by Crippen LogP contribution is -2.29. The first kappa shape index (κ1) is 17.0. The van der Waals surface area contributed by atoms with Gasteiger partial charge in [-0.15, -0.1) is 0 Å². The molecule has 2 N–H and O–H groups in total. The predicted molar refractivity (Wildman–Crippen MR) is 107 cm³/mol. The number of anilines is 1. The zero-order valence-corrected chi connectivity index (χ0v) is 15.3. The third-order valence-corrected chi connectivity index (χ3v) is 4.69. The van der Waals surface area contributed by atoms with Crippen LogP contribution in [0.3, 0.4) is 0 Å². The summed E-state index contributed by atoms with van der Waals surface area (Å²) in [7, 11) is 0. The molecule has 2 aromatic carbocycles. The molecule has 2 aromatic heterocycles. The van der Waals surface area contributed by atoms with E-state index in [4.69, 9.17) is 0 Å². The van der Waals surface area contributed by atoms with Crippen LogP contribution in [0.15, 0.2) is 71.7 Å². The minimum atomic E-state index is -0.206. The summed E-state index contributed by atoms with van der Waals surface area (Å²) in [5.41, 5.74) is 2.29. The van der Waals surface area contributed by atoms with Crippen molar-refractivity contribution in [1.82, 2.24) is 19.7 Å². The fourth-order valence-corrected chi connectivity index (χ4v) is 3.06. The molecule has 6 nitrogen and oxygen atoms in total. The Kier molecular flexibility index (Phi) is 4.24. The molecule has 0 unspecified atom stereocenters. The minimum Gasteiger partial charge on any atom is -0.355 e. The van der Waals surface area contributed by atoms with Gasteiger partial charge in [-0.1, -0.05) is 62.4 Å². The zero-order chi connectivity index (χ0) is 18.9. The molecule has 0 fully saturated rings. The minimum absolute atomic E-state index is 0.117. The van der Waals surface area contributed by atoms with E-state index >= 15 is 0 Å². The fraction of sp³-hybridized carbons (Fsp3) is 0.190. The van der Waals surface area contributed by atoms with Gasteiger partial charge < -0.3 is 5.32 Å². The highest BCUT2D eigenvalue weighted by atomic mass is 16.1. The second kappa shape index (κ2) is 6.72. The van der Waals surface area contributed by atoms with Crippen molar-refractivity contribution in [2.75, 3.05) is 11.9 Å². The third-order valence-electron chi connectivity index (χ3n) is 4.69. The highest BCUT2D eigenvalue weighted by Crippen LogP contribution is 2.23. The van der Waals surface area contributed by atoms with E-state index in [1.54, 1.807) is 10.9 Å². The number of aromatic nitrogens is 4. The summed E-state index contributed by atoms with van der Waals surface area (Å²) in [4.78, 5) is 19.9. The van der Waals surface area contributed by atoms with Gasteiger partial charge in [0.15, 0.2) is 5.65 Å². The monoisotopic (exact) mass is 359 g/mol. The van der Waals surface area contributed by atoms with Crippen molar-refractivity contribution in [3.63, 3.8) is 0 Å². The van der Waals surface area contributed by atoms with Gasteiger partial charge in [0.1, 0.15) is 5.39 Å². The SMILES string of the molecule is CC(C)(CNc1nc2c(cnn2-c2ccccc2)c(=O)[nH]1)c1ccccc1. The van der Waals surface area contributed by atoms with Crippen LogP contribution in [-0.2, 0) is 5.41 Å². The highest BCUT2D eigenvalue weighted by molar-refractivity contribution is 5.76. The maximum Gasteiger partial charge on any atom is 0.263 e. The van der Waals surface area contributed by atoms with Crippen molar-refractivity contribution in [3.8, 4) is 5.69 Å². The molecule has 6 heteroatoms. The Morgan fingerprint density at radius 1 is 1.04 bits per heavy atom. The summed E-state index contributed by atoms with van der Waals surface area (Å²) in [6.07, 6.45) is 1.55. The molecule has 0 saturated carbocycles. The summed E-state index contributed by atoms with van der Waals surface area (Å²) < 4.78 is 1.68. The van der Waals surface area contributed by atoms with Crippen molar-refractivity contribution < 1.29 is 0 Å². The largest absolute Gasteiger partial charge is 0.355 e. The number of aromatic amines is 1. The molecule has 0 aliphatic rings. The van der Waals surface area contributed by atoms with Crippen LogP contribution < -0.4 is 10.9 Å². The summed E-state index contributed by atoms with van der Waals surface area (Å²) in [6, 6.07) is 19.9. The van der Waals surface area contributed by atoms with Crippen LogP contribution in [0.2, 0.25) is 0 Å². The fourth-order valence-electron chi connectivity index (χ4n) is 3.06. The van der Waals surface area contributed by atoms with Gasteiger partial charge in [0.25, 0.3) is 5.56 Å². The van der Waals surface area contributed by atoms with E-state index in [1.165, 1.54) is 5.56 Å². The molecule has 2 heterocycles. The number of hydrogen-bond donors (Lipinski definition) is 2. The maximum absolute atomic E-state index is 12.4. The lowest BCUT2D eigenvalue weighted by atomic mass is 9.85. The predicted octanol–water partition coefficient (Wildman–Crippen LogP) is 3.50. The smallest absolute Gasteiger partial charge is 0.263 e. The van der Waals surface area contributed by atoms with Crippen LogP contribution in [0, 0.1) is 0 Å². The van der Waals surface area contributed by atoms with Gasteiger partial charge in [-0.25, -0.2) is 4.68 Å². The molecule has 0 spiro atoms. The van der Waals surface area contributed by atoms with E-state index < -0.39 is 0 Å². The number of rotatable bonds is 5. The standard InChI is InChI=1S/C21H21N5O/c1-21(2,15-9-5-3-6-10-15)14-22-20-24-18-17(19(27)25-20)13-23-26(18)16-11-7-4-8-12-16/h3-13H,14H2,1-2H3,(H2,22,24,25,27). The molecule has 27 heavy (non-hydrogen) atoms. The molecule has 0 saturated heterocycles. The van der Waals surface area contributed by atoms with E-state index in [1.807, 2.05) is 48.5 Å². The number of para-hydroxylation sites is 1. The molecule has 4 aromatic rings. The van der Waals surface area contributed by atoms with E-state index in [0.717, 1.165) is 5.69 Å². The van der Waals surface area contributed by atoms with Crippen LogP contribution >= 0.6 is 0 Å². The van der Waals surface area contributed by atoms with Crippen LogP contribution in [0.4, 0.5) is 5.95 Å². The van der Waals surface area contributed by atoms with Crippen molar-refractivity contribution in [2.45, 2.75) is 19.3 Å². The summed E-state index contributed by atoms with van der Waals surface area (Å²) in [6.45, 7) is 4.94. The molecule has 0 bridgehead atoms. The van der Waals surface area contributed by atoms with E-state index in [-0.39, 0.29) is 11.0 Å². The normalized spacial score (nSPS) is 11.6. The lowest BCUT2D eigenvalue weighted by molar-refractivity contribution is 0.555. The van der Waals surface area contributed by atoms with Gasteiger partial charge >= 0.3 is 0 Å². The quantitative estimate of drug-likeness (QED) is 0.572. The number of fused-ring (bicyclic) bond motifs is 1. The summed E-state index contributed by atoms with van der Waals surface area (Å²) in [5, 5.41) is 8.07. The molecule has 0 amide bonds. The van der Waals surface area contributed by atoms with Crippen molar-refractivity contribution in [1.29, 1.82) is 0 Å². The molecule has 0 aliphatic carbocycles. The number of nitrogens with one attached hydrogen (secondary N) is 2. The van der Waals surface area contributed by atoms with Crippen LogP contribution in [0.25, 0.3) is 16.7 Å². The van der Waals surface area contributed by atoms with Crippen LogP contribution in [0.5, 0.6) is 0 Å². The zero-order valence-electron chi connectivity index (χ0n) is 15.3. The Balaban J connectivity index is 1.66. The summed E-state index contributed by atoms with van der Waals surface area (Å²) in [5.74, 6) is 0.439. The van der Waals surface area contributed by atoms with Gasteiger partial charge in [0.05, 0.1) is 11.9 Å². The van der Waals surface area contributed by atoms with Crippen molar-refractivity contribution in [3.05, 3.63) is 82.8 Å². The van der Waals surface area contributed by atoms with Crippen LogP contribution in [0.1, 0.15) is 19.4 Å². The summed E-state index contributed by atoms with van der Waals surface area (Å²) >= 11 is 0. The molecular weight excluding hydrogens is 338 g/mol. The number of nitrogens with zero attached hydrogens (tertiary/aromatic N) is 3.